The van der Waals surface area contributed by atoms with E-state index >= 15 is 0 Å². The van der Waals surface area contributed by atoms with Crippen molar-refractivity contribution in [3.63, 3.8) is 0 Å². The number of ether oxygens (including phenoxy) is 1. The van der Waals surface area contributed by atoms with Crippen molar-refractivity contribution in [3.05, 3.63) is 42.2 Å². The molecule has 1 aromatic carbocycles. The molecule has 0 aliphatic rings. The average molecular weight is 289 g/mol. The highest BCUT2D eigenvalue weighted by atomic mass is 16.5. The summed E-state index contributed by atoms with van der Waals surface area (Å²) in [4.78, 5) is 2.16. The van der Waals surface area contributed by atoms with Crippen LogP contribution in [0.2, 0.25) is 0 Å². The minimum absolute atomic E-state index is 0.455. The fraction of sp³-hybridized carbons (Fsp3) is 0.357. The molecule has 21 heavy (non-hydrogen) atoms. The van der Waals surface area contributed by atoms with E-state index in [4.69, 9.17) is 14.8 Å². The largest absolute Gasteiger partial charge is 0.492 e. The third-order valence-corrected chi connectivity index (χ3v) is 3.13. The maximum Gasteiger partial charge on any atom is 0.488 e. The van der Waals surface area contributed by atoms with Gasteiger partial charge in [-0.2, -0.15) is 5.10 Å². The van der Waals surface area contributed by atoms with E-state index in [9.17, 15) is 0 Å². The van der Waals surface area contributed by atoms with Gasteiger partial charge in [0.25, 0.3) is 0 Å². The van der Waals surface area contributed by atoms with Gasteiger partial charge in [-0.25, -0.2) is 0 Å². The maximum atomic E-state index is 9.01. The second-order valence-corrected chi connectivity index (χ2v) is 5.05. The molecule has 1 heterocycles. The number of benzene rings is 1. The Morgan fingerprint density at radius 3 is 2.57 bits per heavy atom. The molecule has 0 saturated carbocycles. The van der Waals surface area contributed by atoms with Crippen LogP contribution in [0.25, 0.3) is 0 Å². The molecule has 0 aliphatic heterocycles. The van der Waals surface area contributed by atoms with Crippen LogP contribution >= 0.6 is 0 Å². The summed E-state index contributed by atoms with van der Waals surface area (Å²) >= 11 is 0. The van der Waals surface area contributed by atoms with Gasteiger partial charge in [-0.05, 0) is 24.6 Å². The van der Waals surface area contributed by atoms with E-state index in [1.807, 2.05) is 26.5 Å². The summed E-state index contributed by atoms with van der Waals surface area (Å²) in [7, 11) is 2.49. The molecular weight excluding hydrogens is 269 g/mol. The number of aromatic nitrogens is 2. The van der Waals surface area contributed by atoms with Crippen LogP contribution in [-0.4, -0.2) is 52.0 Å². The predicted molar refractivity (Wildman–Crippen MR) is 81.3 cm³/mol. The molecule has 2 N–H and O–H groups in total. The van der Waals surface area contributed by atoms with E-state index < -0.39 is 7.12 Å². The standard InChI is InChI=1S/C14H20BN3O3/c1-17(10-12-9-16-18(2)11-12)7-8-21-14-5-3-13(4-6-14)15(19)20/h3-6,9,11,19-20H,7-8,10H2,1-2H3. The quantitative estimate of drug-likeness (QED) is 0.679. The summed E-state index contributed by atoms with van der Waals surface area (Å²) in [5, 5.41) is 22.2. The van der Waals surface area contributed by atoms with Crippen molar-refractivity contribution in [2.45, 2.75) is 6.54 Å². The van der Waals surface area contributed by atoms with Crippen LogP contribution in [-0.2, 0) is 13.6 Å². The smallest absolute Gasteiger partial charge is 0.488 e. The summed E-state index contributed by atoms with van der Waals surface area (Å²) in [6.07, 6.45) is 3.85. The molecule has 2 aromatic rings. The molecule has 1 aromatic heterocycles. The van der Waals surface area contributed by atoms with Crippen molar-refractivity contribution in [2.24, 2.45) is 7.05 Å². The zero-order chi connectivity index (χ0) is 15.2. The molecular formula is C14H20BN3O3. The van der Waals surface area contributed by atoms with Gasteiger partial charge in [0.2, 0.25) is 0 Å². The van der Waals surface area contributed by atoms with Crippen molar-refractivity contribution in [1.29, 1.82) is 0 Å². The molecule has 0 aliphatic carbocycles. The van der Waals surface area contributed by atoms with Gasteiger partial charge in [0.05, 0.1) is 6.20 Å². The third-order valence-electron chi connectivity index (χ3n) is 3.13. The Morgan fingerprint density at radius 1 is 1.29 bits per heavy atom. The van der Waals surface area contributed by atoms with Gasteiger partial charge in [0.15, 0.2) is 0 Å². The summed E-state index contributed by atoms with van der Waals surface area (Å²) in [5.74, 6) is 0.717. The average Bonchev–Trinajstić information content (AvgIpc) is 2.84. The van der Waals surface area contributed by atoms with Crippen LogP contribution in [0.3, 0.4) is 0 Å². The molecule has 0 radical (unpaired) electrons. The van der Waals surface area contributed by atoms with Crippen LogP contribution < -0.4 is 10.2 Å². The van der Waals surface area contributed by atoms with E-state index in [1.165, 1.54) is 5.56 Å². The lowest BCUT2D eigenvalue weighted by Crippen LogP contribution is -2.29. The molecule has 0 fully saturated rings. The minimum atomic E-state index is -1.44. The van der Waals surface area contributed by atoms with E-state index in [0.717, 1.165) is 13.1 Å². The molecule has 0 atom stereocenters. The topological polar surface area (TPSA) is 70.8 Å². The monoisotopic (exact) mass is 289 g/mol. The molecule has 112 valence electrons. The lowest BCUT2D eigenvalue weighted by molar-refractivity contribution is 0.233. The third kappa shape index (κ3) is 4.89. The van der Waals surface area contributed by atoms with Crippen molar-refractivity contribution in [2.75, 3.05) is 20.2 Å². The molecule has 2 rings (SSSR count). The maximum absolute atomic E-state index is 9.01. The van der Waals surface area contributed by atoms with Gasteiger partial charge in [0.1, 0.15) is 12.4 Å². The Bertz CT molecular complexity index is 557. The van der Waals surface area contributed by atoms with Gasteiger partial charge in [-0.15, -0.1) is 0 Å². The van der Waals surface area contributed by atoms with Crippen LogP contribution in [0.15, 0.2) is 36.7 Å². The first-order chi connectivity index (χ1) is 10.0. The zero-order valence-electron chi connectivity index (χ0n) is 12.3. The molecule has 0 bridgehead atoms. The fourth-order valence-electron chi connectivity index (χ4n) is 2.00. The first-order valence-corrected chi connectivity index (χ1v) is 6.79. The lowest BCUT2D eigenvalue weighted by Gasteiger charge is -2.16. The molecule has 0 saturated heterocycles. The highest BCUT2D eigenvalue weighted by Gasteiger charge is 2.10. The summed E-state index contributed by atoms with van der Waals surface area (Å²) < 4.78 is 7.42. The predicted octanol–water partition coefficient (Wildman–Crippen LogP) is -0.389. The zero-order valence-corrected chi connectivity index (χ0v) is 12.3. The van der Waals surface area contributed by atoms with Crippen LogP contribution in [0.4, 0.5) is 0 Å². The highest BCUT2D eigenvalue weighted by molar-refractivity contribution is 6.58. The molecule has 7 heteroatoms. The molecule has 0 spiro atoms. The van der Waals surface area contributed by atoms with E-state index in [1.54, 1.807) is 28.9 Å². The minimum Gasteiger partial charge on any atom is -0.492 e. The summed E-state index contributed by atoms with van der Waals surface area (Å²) in [5.41, 5.74) is 1.62. The van der Waals surface area contributed by atoms with Gasteiger partial charge in [-0.1, -0.05) is 12.1 Å². The number of nitrogens with zero attached hydrogens (tertiary/aromatic N) is 3. The SMILES string of the molecule is CN(CCOc1ccc(B(O)O)cc1)Cc1cnn(C)c1. The van der Waals surface area contributed by atoms with Crippen LogP contribution in [0.1, 0.15) is 5.56 Å². The van der Waals surface area contributed by atoms with Crippen LogP contribution in [0.5, 0.6) is 5.75 Å². The lowest BCUT2D eigenvalue weighted by atomic mass is 9.80. The van der Waals surface area contributed by atoms with Crippen molar-refractivity contribution in [3.8, 4) is 5.75 Å². The Kier molecular flexibility index (Phi) is 5.38. The normalized spacial score (nSPS) is 10.9. The van der Waals surface area contributed by atoms with Crippen LogP contribution in [0, 0.1) is 0 Å². The van der Waals surface area contributed by atoms with Gasteiger partial charge in [0, 0.05) is 31.9 Å². The van der Waals surface area contributed by atoms with E-state index in [0.29, 0.717) is 17.8 Å². The second kappa shape index (κ2) is 7.26. The van der Waals surface area contributed by atoms with Crippen molar-refractivity contribution >= 4 is 12.6 Å². The number of likely N-dealkylation sites (N-methyl/N-ethyl adjacent to an activating group) is 1. The van der Waals surface area contributed by atoms with Crippen molar-refractivity contribution < 1.29 is 14.8 Å². The van der Waals surface area contributed by atoms with Gasteiger partial charge in [-0.3, -0.25) is 9.58 Å². The number of aryl methyl sites for hydroxylation is 1. The Morgan fingerprint density at radius 2 is 2.00 bits per heavy atom. The molecule has 6 nitrogen and oxygen atoms in total. The van der Waals surface area contributed by atoms with E-state index in [-0.39, 0.29) is 0 Å². The Hall–Kier alpha value is -1.83. The fourth-order valence-corrected chi connectivity index (χ4v) is 2.00. The van der Waals surface area contributed by atoms with Crippen molar-refractivity contribution in [1.82, 2.24) is 14.7 Å². The Balaban J connectivity index is 1.73. The number of hydrogen-bond donors (Lipinski definition) is 2. The summed E-state index contributed by atoms with van der Waals surface area (Å²) in [6.45, 7) is 2.18. The van der Waals surface area contributed by atoms with Gasteiger partial charge >= 0.3 is 7.12 Å². The van der Waals surface area contributed by atoms with E-state index in [2.05, 4.69) is 10.00 Å². The number of hydrogen-bond acceptors (Lipinski definition) is 5. The second-order valence-electron chi connectivity index (χ2n) is 5.05. The first-order valence-electron chi connectivity index (χ1n) is 6.79. The molecule has 0 unspecified atom stereocenters. The summed E-state index contributed by atoms with van der Waals surface area (Å²) in [6, 6.07) is 6.74. The molecule has 0 amide bonds. The van der Waals surface area contributed by atoms with Gasteiger partial charge < -0.3 is 14.8 Å². The number of rotatable bonds is 7. The Labute approximate surface area is 124 Å². The first kappa shape index (κ1) is 15.6. The highest BCUT2D eigenvalue weighted by Crippen LogP contribution is 2.08.